The number of carbonyl (C=O) groups is 1. The second-order valence-electron chi connectivity index (χ2n) is 5.86. The molecule has 0 unspecified atom stereocenters. The van der Waals surface area contributed by atoms with Crippen LogP contribution in [0.2, 0.25) is 10.0 Å². The summed E-state index contributed by atoms with van der Waals surface area (Å²) in [7, 11) is 0. The Hall–Kier alpha value is -1.46. The van der Waals surface area contributed by atoms with E-state index in [1.165, 1.54) is 25.7 Å². The van der Waals surface area contributed by atoms with Gasteiger partial charge in [-0.25, -0.2) is 9.78 Å². The third-order valence-electron chi connectivity index (χ3n) is 4.24. The number of fused-ring (bicyclic) bond motifs is 1. The maximum atomic E-state index is 11.7. The summed E-state index contributed by atoms with van der Waals surface area (Å²) in [5.41, 5.74) is 1.64. The van der Waals surface area contributed by atoms with Crippen molar-refractivity contribution in [3.05, 3.63) is 28.5 Å². The van der Waals surface area contributed by atoms with E-state index in [1.807, 2.05) is 4.57 Å². The molecule has 0 atom stereocenters. The molecule has 124 valence electrons. The maximum absolute atomic E-state index is 11.7. The van der Waals surface area contributed by atoms with Crippen LogP contribution >= 0.6 is 23.2 Å². The van der Waals surface area contributed by atoms with Crippen molar-refractivity contribution in [3.8, 4) is 0 Å². The van der Waals surface area contributed by atoms with E-state index < -0.39 is 0 Å². The van der Waals surface area contributed by atoms with Crippen molar-refractivity contribution in [1.29, 1.82) is 0 Å². The molecule has 5 nitrogen and oxygen atoms in total. The molecule has 2 aromatic rings. The molecule has 1 heterocycles. The molecule has 3 rings (SSSR count). The Morgan fingerprint density at radius 3 is 2.83 bits per heavy atom. The van der Waals surface area contributed by atoms with E-state index in [0.717, 1.165) is 11.0 Å². The summed E-state index contributed by atoms with van der Waals surface area (Å²) in [6.45, 7) is 1.51. The first-order chi connectivity index (χ1) is 11.1. The zero-order chi connectivity index (χ0) is 16.2. The van der Waals surface area contributed by atoms with E-state index in [9.17, 15) is 4.79 Å². The summed E-state index contributed by atoms with van der Waals surface area (Å²) in [4.78, 5) is 16.0. The number of alkyl carbamates (subject to hydrolysis) is 1. The fourth-order valence-electron chi connectivity index (χ4n) is 2.96. The van der Waals surface area contributed by atoms with E-state index in [1.54, 1.807) is 18.5 Å². The van der Waals surface area contributed by atoms with Crippen LogP contribution < -0.4 is 5.32 Å². The minimum absolute atomic E-state index is 0.280. The van der Waals surface area contributed by atoms with Gasteiger partial charge in [0, 0.05) is 6.54 Å². The van der Waals surface area contributed by atoms with Gasteiger partial charge in [0.2, 0.25) is 0 Å². The number of imidazole rings is 1. The third kappa shape index (κ3) is 4.09. The largest absolute Gasteiger partial charge is 0.448 e. The van der Waals surface area contributed by atoms with Gasteiger partial charge in [-0.3, -0.25) is 0 Å². The molecule has 23 heavy (non-hydrogen) atoms. The van der Waals surface area contributed by atoms with Crippen molar-refractivity contribution in [2.75, 3.05) is 13.2 Å². The molecular weight excluding hydrogens is 337 g/mol. The number of nitrogens with one attached hydrogen (secondary N) is 1. The minimum atomic E-state index is -0.359. The highest BCUT2D eigenvalue weighted by atomic mass is 35.5. The Morgan fingerprint density at radius 1 is 1.30 bits per heavy atom. The Kier molecular flexibility index (Phi) is 5.28. The quantitative estimate of drug-likeness (QED) is 0.871. The van der Waals surface area contributed by atoms with Gasteiger partial charge in [-0.1, -0.05) is 36.0 Å². The van der Waals surface area contributed by atoms with Gasteiger partial charge in [0.1, 0.15) is 6.61 Å². The van der Waals surface area contributed by atoms with Crippen LogP contribution in [0.1, 0.15) is 25.7 Å². The van der Waals surface area contributed by atoms with Crippen molar-refractivity contribution < 1.29 is 9.53 Å². The molecule has 0 bridgehead atoms. The maximum Gasteiger partial charge on any atom is 0.407 e. The number of hydrogen-bond acceptors (Lipinski definition) is 3. The van der Waals surface area contributed by atoms with Crippen LogP contribution in [0.3, 0.4) is 0 Å². The highest BCUT2D eigenvalue weighted by Crippen LogP contribution is 2.27. The van der Waals surface area contributed by atoms with Crippen LogP contribution in [-0.4, -0.2) is 28.8 Å². The van der Waals surface area contributed by atoms with E-state index >= 15 is 0 Å². The summed E-state index contributed by atoms with van der Waals surface area (Å²) >= 11 is 12.0. The van der Waals surface area contributed by atoms with E-state index in [-0.39, 0.29) is 12.7 Å². The van der Waals surface area contributed by atoms with Gasteiger partial charge in [0.15, 0.2) is 0 Å². The molecule has 1 N–H and O–H groups in total. The molecule has 1 saturated carbocycles. The van der Waals surface area contributed by atoms with Gasteiger partial charge in [-0.2, -0.15) is 0 Å². The van der Waals surface area contributed by atoms with Crippen LogP contribution in [0.25, 0.3) is 11.0 Å². The first-order valence-corrected chi connectivity index (χ1v) is 8.59. The zero-order valence-electron chi connectivity index (χ0n) is 12.7. The van der Waals surface area contributed by atoms with Crippen molar-refractivity contribution in [2.24, 2.45) is 5.92 Å². The number of rotatable bonds is 5. The summed E-state index contributed by atoms with van der Waals surface area (Å²) in [6, 6.07) is 3.50. The Balaban J connectivity index is 1.48. The van der Waals surface area contributed by atoms with Crippen LogP contribution in [0.4, 0.5) is 4.79 Å². The molecule has 1 aliphatic carbocycles. The summed E-state index contributed by atoms with van der Waals surface area (Å²) < 4.78 is 7.11. The number of amides is 1. The first kappa shape index (κ1) is 16.4. The second kappa shape index (κ2) is 7.41. The number of halogens is 2. The minimum Gasteiger partial charge on any atom is -0.448 e. The molecule has 0 spiro atoms. The lowest BCUT2D eigenvalue weighted by molar-refractivity contribution is 0.140. The average Bonchev–Trinajstić information content (AvgIpc) is 3.17. The normalized spacial score (nSPS) is 15.2. The number of ether oxygens (including phenoxy) is 1. The van der Waals surface area contributed by atoms with Gasteiger partial charge >= 0.3 is 6.09 Å². The smallest absolute Gasteiger partial charge is 0.407 e. The summed E-state index contributed by atoms with van der Waals surface area (Å²) in [5.74, 6) is 0.604. The summed E-state index contributed by atoms with van der Waals surface area (Å²) in [6.07, 6.45) is 6.26. The Bertz CT molecular complexity index is 696. The van der Waals surface area contributed by atoms with Crippen LogP contribution in [0, 0.1) is 5.92 Å². The highest BCUT2D eigenvalue weighted by molar-refractivity contribution is 6.42. The van der Waals surface area contributed by atoms with Crippen LogP contribution in [-0.2, 0) is 11.3 Å². The predicted molar refractivity (Wildman–Crippen MR) is 91.1 cm³/mol. The molecule has 1 amide bonds. The molecular formula is C16H19Cl2N3O2. The van der Waals surface area contributed by atoms with Crippen molar-refractivity contribution in [1.82, 2.24) is 14.9 Å². The van der Waals surface area contributed by atoms with Crippen molar-refractivity contribution in [2.45, 2.75) is 32.2 Å². The van der Waals surface area contributed by atoms with E-state index in [2.05, 4.69) is 10.3 Å². The third-order valence-corrected chi connectivity index (χ3v) is 4.96. The van der Waals surface area contributed by atoms with Crippen molar-refractivity contribution >= 4 is 40.3 Å². The first-order valence-electron chi connectivity index (χ1n) is 7.84. The lowest BCUT2D eigenvalue weighted by atomic mass is 10.1. The monoisotopic (exact) mass is 355 g/mol. The number of aromatic nitrogens is 2. The fourth-order valence-corrected chi connectivity index (χ4v) is 3.28. The molecule has 1 aromatic heterocycles. The van der Waals surface area contributed by atoms with E-state index in [4.69, 9.17) is 27.9 Å². The van der Waals surface area contributed by atoms with Crippen LogP contribution in [0.5, 0.6) is 0 Å². The molecule has 0 radical (unpaired) electrons. The number of benzene rings is 1. The molecule has 1 aromatic carbocycles. The predicted octanol–water partition coefficient (Wildman–Crippen LogP) is 4.26. The van der Waals surface area contributed by atoms with Crippen LogP contribution in [0.15, 0.2) is 18.5 Å². The average molecular weight is 356 g/mol. The van der Waals surface area contributed by atoms with Gasteiger partial charge in [0.25, 0.3) is 0 Å². The van der Waals surface area contributed by atoms with E-state index in [0.29, 0.717) is 29.1 Å². The highest BCUT2D eigenvalue weighted by Gasteiger charge is 2.16. The standard InChI is InChI=1S/C16H19Cl2N3O2/c17-12-7-14-15(8-13(12)18)21(10-20-14)5-6-23-16(22)19-9-11-3-1-2-4-11/h7-8,10-11H,1-6,9H2,(H,19,22). The lowest BCUT2D eigenvalue weighted by Gasteiger charge is -2.11. The van der Waals surface area contributed by atoms with Gasteiger partial charge < -0.3 is 14.6 Å². The van der Waals surface area contributed by atoms with Crippen molar-refractivity contribution in [3.63, 3.8) is 0 Å². The number of carbonyl (C=O) groups excluding carboxylic acids is 1. The molecule has 0 aliphatic heterocycles. The molecule has 1 aliphatic rings. The molecule has 1 fully saturated rings. The molecule has 0 saturated heterocycles. The van der Waals surface area contributed by atoms with Gasteiger partial charge in [-0.05, 0) is 30.9 Å². The number of hydrogen-bond donors (Lipinski definition) is 1. The fraction of sp³-hybridized carbons (Fsp3) is 0.500. The Morgan fingerprint density at radius 2 is 2.04 bits per heavy atom. The lowest BCUT2D eigenvalue weighted by Crippen LogP contribution is -2.29. The molecule has 7 heteroatoms. The SMILES string of the molecule is O=C(NCC1CCCC1)OCCn1cnc2cc(Cl)c(Cl)cc21. The zero-order valence-corrected chi connectivity index (χ0v) is 14.2. The topological polar surface area (TPSA) is 56.1 Å². The second-order valence-corrected chi connectivity index (χ2v) is 6.67. The number of nitrogens with zero attached hydrogens (tertiary/aromatic N) is 2. The summed E-state index contributed by atoms with van der Waals surface area (Å²) in [5, 5.41) is 3.80. The Labute approximate surface area is 144 Å². The van der Waals surface area contributed by atoms with Gasteiger partial charge in [-0.15, -0.1) is 0 Å². The van der Waals surface area contributed by atoms with Gasteiger partial charge in [0.05, 0.1) is 34.0 Å².